The lowest BCUT2D eigenvalue weighted by atomic mass is 10.2. The van der Waals surface area contributed by atoms with Crippen LogP contribution in [0.5, 0.6) is 5.75 Å². The van der Waals surface area contributed by atoms with E-state index in [0.717, 1.165) is 0 Å². The third-order valence-corrected chi connectivity index (χ3v) is 3.33. The maximum Gasteiger partial charge on any atom is 0.387 e. The van der Waals surface area contributed by atoms with Gasteiger partial charge < -0.3 is 20.7 Å². The molecular formula is C18H20F2N4O2. The van der Waals surface area contributed by atoms with Gasteiger partial charge in [0, 0.05) is 24.8 Å². The predicted octanol–water partition coefficient (Wildman–Crippen LogP) is 2.59. The molecule has 2 aromatic carbocycles. The van der Waals surface area contributed by atoms with Crippen LogP contribution in [-0.4, -0.2) is 32.1 Å². The van der Waals surface area contributed by atoms with E-state index < -0.39 is 6.61 Å². The normalized spacial score (nSPS) is 11.2. The molecule has 1 amide bonds. The Morgan fingerprint density at radius 1 is 1.08 bits per heavy atom. The Kier molecular flexibility index (Phi) is 7.35. The topological polar surface area (TPSA) is 74.8 Å². The van der Waals surface area contributed by atoms with Crippen molar-refractivity contribution in [3.8, 4) is 5.75 Å². The van der Waals surface area contributed by atoms with Crippen LogP contribution in [-0.2, 0) is 11.3 Å². The van der Waals surface area contributed by atoms with Crippen LogP contribution in [0.1, 0.15) is 5.56 Å². The second-order valence-electron chi connectivity index (χ2n) is 5.18. The quantitative estimate of drug-likeness (QED) is 0.523. The monoisotopic (exact) mass is 362 g/mol. The first kappa shape index (κ1) is 19.2. The summed E-state index contributed by atoms with van der Waals surface area (Å²) >= 11 is 0. The fourth-order valence-electron chi connectivity index (χ4n) is 2.15. The lowest BCUT2D eigenvalue weighted by Gasteiger charge is -2.14. The molecule has 0 saturated heterocycles. The van der Waals surface area contributed by atoms with Crippen molar-refractivity contribution >= 4 is 17.6 Å². The number of carbonyl (C=O) groups excluding carboxylic acids is 1. The molecule has 26 heavy (non-hydrogen) atoms. The van der Waals surface area contributed by atoms with E-state index in [0.29, 0.717) is 17.2 Å². The summed E-state index contributed by atoms with van der Waals surface area (Å²) in [5.74, 6) is 0.216. The summed E-state index contributed by atoms with van der Waals surface area (Å²) in [6.07, 6.45) is 0. The van der Waals surface area contributed by atoms with Crippen molar-refractivity contribution in [1.82, 2.24) is 10.6 Å². The van der Waals surface area contributed by atoms with Crippen molar-refractivity contribution in [2.45, 2.75) is 13.2 Å². The minimum atomic E-state index is -2.89. The van der Waals surface area contributed by atoms with Gasteiger partial charge in [0.2, 0.25) is 5.91 Å². The first-order chi connectivity index (χ1) is 12.6. The predicted molar refractivity (Wildman–Crippen MR) is 96.3 cm³/mol. The van der Waals surface area contributed by atoms with Crippen LogP contribution in [0, 0.1) is 0 Å². The zero-order valence-electron chi connectivity index (χ0n) is 14.2. The molecule has 8 heteroatoms. The molecule has 0 atom stereocenters. The van der Waals surface area contributed by atoms with E-state index in [-0.39, 0.29) is 24.7 Å². The van der Waals surface area contributed by atoms with Crippen LogP contribution < -0.4 is 20.7 Å². The number of benzene rings is 2. The van der Waals surface area contributed by atoms with Crippen LogP contribution in [0.4, 0.5) is 14.5 Å². The Morgan fingerprint density at radius 2 is 1.77 bits per heavy atom. The Morgan fingerprint density at radius 3 is 2.46 bits per heavy atom. The van der Waals surface area contributed by atoms with E-state index in [9.17, 15) is 13.6 Å². The molecule has 0 aliphatic carbocycles. The van der Waals surface area contributed by atoms with Crippen LogP contribution in [0.15, 0.2) is 59.6 Å². The van der Waals surface area contributed by atoms with Gasteiger partial charge in [0.15, 0.2) is 5.96 Å². The van der Waals surface area contributed by atoms with Crippen LogP contribution in [0.3, 0.4) is 0 Å². The minimum absolute atomic E-state index is 0.00372. The Labute approximate surface area is 150 Å². The molecule has 6 nitrogen and oxygen atoms in total. The van der Waals surface area contributed by atoms with Crippen molar-refractivity contribution in [3.63, 3.8) is 0 Å². The molecule has 0 fully saturated rings. The zero-order valence-corrected chi connectivity index (χ0v) is 14.2. The van der Waals surface area contributed by atoms with E-state index in [1.165, 1.54) is 6.07 Å². The van der Waals surface area contributed by atoms with Gasteiger partial charge in [-0.25, -0.2) is 0 Å². The first-order valence-electron chi connectivity index (χ1n) is 7.90. The summed E-state index contributed by atoms with van der Waals surface area (Å²) in [6, 6.07) is 15.5. The van der Waals surface area contributed by atoms with Gasteiger partial charge in [-0.1, -0.05) is 36.4 Å². The molecule has 0 radical (unpaired) electrons. The van der Waals surface area contributed by atoms with Crippen molar-refractivity contribution in [2.75, 3.05) is 18.9 Å². The van der Waals surface area contributed by atoms with E-state index in [2.05, 4.69) is 25.7 Å². The van der Waals surface area contributed by atoms with Crippen molar-refractivity contribution in [1.29, 1.82) is 0 Å². The molecule has 0 aliphatic rings. The molecular weight excluding hydrogens is 342 g/mol. The highest BCUT2D eigenvalue weighted by atomic mass is 19.3. The summed E-state index contributed by atoms with van der Waals surface area (Å²) in [5, 5.41) is 8.55. The molecule has 0 bridgehead atoms. The number of nitrogens with zero attached hydrogens (tertiary/aromatic N) is 1. The molecule has 138 valence electrons. The lowest BCUT2D eigenvalue weighted by Crippen LogP contribution is -2.41. The summed E-state index contributed by atoms with van der Waals surface area (Å²) in [5.41, 5.74) is 1.24. The third kappa shape index (κ3) is 6.39. The number of para-hydroxylation sites is 2. The average Bonchev–Trinajstić information content (AvgIpc) is 2.63. The number of hydrogen-bond acceptors (Lipinski definition) is 3. The molecule has 0 heterocycles. The second kappa shape index (κ2) is 9.97. The number of rotatable bonds is 7. The largest absolute Gasteiger partial charge is 0.434 e. The minimum Gasteiger partial charge on any atom is -0.434 e. The maximum atomic E-state index is 12.4. The molecule has 0 unspecified atom stereocenters. The third-order valence-electron chi connectivity index (χ3n) is 3.33. The number of hydrogen-bond donors (Lipinski definition) is 3. The molecule has 0 spiro atoms. The first-order valence-corrected chi connectivity index (χ1v) is 7.90. The van der Waals surface area contributed by atoms with Gasteiger partial charge in [0.05, 0.1) is 6.54 Å². The fourth-order valence-corrected chi connectivity index (χ4v) is 2.15. The van der Waals surface area contributed by atoms with Gasteiger partial charge in [-0.05, 0) is 18.2 Å². The van der Waals surface area contributed by atoms with Crippen molar-refractivity contribution < 1.29 is 18.3 Å². The fraction of sp³-hybridized carbons (Fsp3) is 0.222. The second-order valence-corrected chi connectivity index (χ2v) is 5.18. The molecule has 0 saturated carbocycles. The molecule has 2 rings (SSSR count). The lowest BCUT2D eigenvalue weighted by molar-refractivity contribution is -0.115. The Bertz CT molecular complexity index is 739. The molecule has 0 aliphatic heterocycles. The van der Waals surface area contributed by atoms with Crippen LogP contribution >= 0.6 is 0 Å². The van der Waals surface area contributed by atoms with Crippen LogP contribution in [0.2, 0.25) is 0 Å². The number of aliphatic imine (C=N–C) groups is 1. The summed E-state index contributed by atoms with van der Waals surface area (Å²) < 4.78 is 29.3. The highest BCUT2D eigenvalue weighted by molar-refractivity contribution is 5.94. The van der Waals surface area contributed by atoms with Gasteiger partial charge in [0.1, 0.15) is 5.75 Å². The van der Waals surface area contributed by atoms with E-state index in [1.807, 2.05) is 18.2 Å². The molecule has 3 N–H and O–H groups in total. The number of amides is 1. The van der Waals surface area contributed by atoms with Crippen molar-refractivity contribution in [3.05, 3.63) is 60.2 Å². The number of anilines is 1. The smallest absolute Gasteiger partial charge is 0.387 e. The molecule has 2 aromatic rings. The van der Waals surface area contributed by atoms with Gasteiger partial charge in [-0.3, -0.25) is 9.79 Å². The number of guanidine groups is 1. The Balaban J connectivity index is 1.84. The van der Waals surface area contributed by atoms with Crippen molar-refractivity contribution in [2.24, 2.45) is 4.99 Å². The Hall–Kier alpha value is -3.16. The van der Waals surface area contributed by atoms with E-state index in [4.69, 9.17) is 0 Å². The van der Waals surface area contributed by atoms with Gasteiger partial charge in [-0.2, -0.15) is 8.78 Å². The van der Waals surface area contributed by atoms with E-state index >= 15 is 0 Å². The van der Waals surface area contributed by atoms with Crippen LogP contribution in [0.25, 0.3) is 0 Å². The van der Waals surface area contributed by atoms with Gasteiger partial charge in [-0.15, -0.1) is 0 Å². The van der Waals surface area contributed by atoms with Gasteiger partial charge in [0.25, 0.3) is 0 Å². The highest BCUT2D eigenvalue weighted by Crippen LogP contribution is 2.19. The average molecular weight is 362 g/mol. The standard InChI is InChI=1S/C18H20F2N4O2/c1-21-18(23-12-16(25)24-14-8-3-2-4-9-14)22-11-13-7-5-6-10-15(13)26-17(19)20/h2-10,17H,11-12H2,1H3,(H,24,25)(H2,21,22,23). The summed E-state index contributed by atoms with van der Waals surface area (Å²) in [7, 11) is 1.55. The summed E-state index contributed by atoms with van der Waals surface area (Å²) in [6.45, 7) is -2.68. The number of carbonyl (C=O) groups is 1. The number of alkyl halides is 2. The number of halogens is 2. The van der Waals surface area contributed by atoms with E-state index in [1.54, 1.807) is 37.4 Å². The number of ether oxygens (including phenoxy) is 1. The number of nitrogens with one attached hydrogen (secondary N) is 3. The molecule has 0 aromatic heterocycles. The summed E-state index contributed by atoms with van der Waals surface area (Å²) in [4.78, 5) is 15.9. The van der Waals surface area contributed by atoms with Gasteiger partial charge >= 0.3 is 6.61 Å². The highest BCUT2D eigenvalue weighted by Gasteiger charge is 2.10. The maximum absolute atomic E-state index is 12.4. The zero-order chi connectivity index (χ0) is 18.8. The SMILES string of the molecule is CN=C(NCC(=O)Nc1ccccc1)NCc1ccccc1OC(F)F.